The second kappa shape index (κ2) is 2.47. The highest BCUT2D eigenvalue weighted by atomic mass is 19.3. The summed E-state index contributed by atoms with van der Waals surface area (Å²) in [6.45, 7) is 2.36. The molecule has 1 aliphatic carbocycles. The molecule has 3 fully saturated rings. The van der Waals surface area contributed by atoms with Crippen LogP contribution < -0.4 is 0 Å². The van der Waals surface area contributed by atoms with Crippen molar-refractivity contribution in [3.05, 3.63) is 0 Å². The van der Waals surface area contributed by atoms with E-state index in [9.17, 15) is 8.78 Å². The Balaban J connectivity index is 1.48. The molecule has 2 nitrogen and oxygen atoms in total. The van der Waals surface area contributed by atoms with Gasteiger partial charge in [0.05, 0.1) is 13.1 Å². The number of rotatable bonds is 1. The van der Waals surface area contributed by atoms with Crippen molar-refractivity contribution in [2.45, 2.75) is 24.8 Å². The molecule has 3 aliphatic rings. The third-order valence-electron chi connectivity index (χ3n) is 3.93. The van der Waals surface area contributed by atoms with Crippen LogP contribution in [0.1, 0.15) is 12.8 Å². The summed E-state index contributed by atoms with van der Waals surface area (Å²) in [5.41, 5.74) is 0.518. The van der Waals surface area contributed by atoms with Crippen molar-refractivity contribution in [3.8, 4) is 0 Å². The van der Waals surface area contributed by atoms with Crippen molar-refractivity contribution in [1.82, 2.24) is 9.80 Å². The summed E-state index contributed by atoms with van der Waals surface area (Å²) in [4.78, 5) is 4.25. The average Bonchev–Trinajstić information content (AvgIpc) is 1.88. The van der Waals surface area contributed by atoms with E-state index in [1.807, 2.05) is 4.90 Å². The summed E-state index contributed by atoms with van der Waals surface area (Å²) in [7, 11) is 2.12. The van der Waals surface area contributed by atoms with Crippen LogP contribution in [0.4, 0.5) is 8.78 Å². The molecule has 0 radical (unpaired) electrons. The fourth-order valence-electron chi connectivity index (χ4n) is 3.36. The van der Waals surface area contributed by atoms with Gasteiger partial charge in [0.25, 0.3) is 5.92 Å². The Morgan fingerprint density at radius 2 is 1.64 bits per heavy atom. The van der Waals surface area contributed by atoms with Crippen molar-refractivity contribution >= 4 is 0 Å². The summed E-state index contributed by atoms with van der Waals surface area (Å²) in [5, 5.41) is 0. The van der Waals surface area contributed by atoms with Crippen LogP contribution in [0.2, 0.25) is 0 Å². The lowest BCUT2D eigenvalue weighted by atomic mass is 9.60. The first-order valence-electron chi connectivity index (χ1n) is 5.29. The Bertz CT molecular complexity index is 245. The molecule has 0 N–H and O–H groups in total. The van der Waals surface area contributed by atoms with E-state index in [0.717, 1.165) is 12.8 Å². The first-order valence-corrected chi connectivity index (χ1v) is 5.29. The summed E-state index contributed by atoms with van der Waals surface area (Å²) in [6, 6.07) is 0.461. The van der Waals surface area contributed by atoms with Crippen LogP contribution in [0.25, 0.3) is 0 Å². The monoisotopic (exact) mass is 202 g/mol. The van der Waals surface area contributed by atoms with Gasteiger partial charge in [0.2, 0.25) is 0 Å². The first kappa shape index (κ1) is 9.04. The number of halogens is 2. The lowest BCUT2D eigenvalue weighted by Crippen LogP contribution is -2.70. The van der Waals surface area contributed by atoms with E-state index < -0.39 is 5.92 Å². The molecule has 2 saturated heterocycles. The van der Waals surface area contributed by atoms with Gasteiger partial charge in [-0.15, -0.1) is 0 Å². The molecule has 3 rings (SSSR count). The zero-order chi connectivity index (χ0) is 9.97. The Morgan fingerprint density at radius 1 is 1.07 bits per heavy atom. The molecule has 1 saturated carbocycles. The molecule has 0 atom stereocenters. The lowest BCUT2D eigenvalue weighted by Gasteiger charge is -2.62. The molecule has 0 aromatic rings. The fraction of sp³-hybridized carbons (Fsp3) is 1.00. The van der Waals surface area contributed by atoms with Crippen molar-refractivity contribution in [2.75, 3.05) is 33.2 Å². The zero-order valence-corrected chi connectivity index (χ0v) is 8.47. The van der Waals surface area contributed by atoms with Crippen LogP contribution in [0.3, 0.4) is 0 Å². The normalized spacial score (nSPS) is 36.2. The minimum absolute atomic E-state index is 0.00356. The van der Waals surface area contributed by atoms with E-state index >= 15 is 0 Å². The molecular weight excluding hydrogens is 186 g/mol. The fourth-order valence-corrected chi connectivity index (χ4v) is 3.36. The van der Waals surface area contributed by atoms with Gasteiger partial charge in [0.15, 0.2) is 0 Å². The summed E-state index contributed by atoms with van der Waals surface area (Å²) < 4.78 is 25.2. The van der Waals surface area contributed by atoms with Crippen molar-refractivity contribution in [3.63, 3.8) is 0 Å². The number of hydrogen-bond acceptors (Lipinski definition) is 2. The van der Waals surface area contributed by atoms with Crippen molar-refractivity contribution in [2.24, 2.45) is 5.41 Å². The Hall–Kier alpha value is -0.220. The molecule has 2 aliphatic heterocycles. The summed E-state index contributed by atoms with van der Waals surface area (Å²) in [5.74, 6) is -2.39. The van der Waals surface area contributed by atoms with Crippen LogP contribution in [0.15, 0.2) is 0 Å². The maximum absolute atomic E-state index is 12.6. The Morgan fingerprint density at radius 3 is 2.07 bits per heavy atom. The number of nitrogens with zero attached hydrogens (tertiary/aromatic N) is 2. The summed E-state index contributed by atoms with van der Waals surface area (Å²) >= 11 is 0. The topological polar surface area (TPSA) is 6.48 Å². The zero-order valence-electron chi connectivity index (χ0n) is 8.47. The first-order chi connectivity index (χ1) is 6.48. The van der Waals surface area contributed by atoms with Gasteiger partial charge < -0.3 is 4.90 Å². The van der Waals surface area contributed by atoms with Crippen LogP contribution in [-0.2, 0) is 0 Å². The predicted molar refractivity (Wildman–Crippen MR) is 49.5 cm³/mol. The van der Waals surface area contributed by atoms with E-state index in [1.54, 1.807) is 0 Å². The van der Waals surface area contributed by atoms with Gasteiger partial charge in [0, 0.05) is 19.1 Å². The van der Waals surface area contributed by atoms with E-state index in [4.69, 9.17) is 0 Å². The number of likely N-dealkylation sites (tertiary alicyclic amines) is 2. The highest BCUT2D eigenvalue weighted by Crippen LogP contribution is 2.51. The van der Waals surface area contributed by atoms with E-state index in [2.05, 4.69) is 11.9 Å². The third-order valence-corrected chi connectivity index (χ3v) is 3.93. The van der Waals surface area contributed by atoms with Gasteiger partial charge in [-0.25, -0.2) is 8.78 Å². The minimum atomic E-state index is -2.39. The van der Waals surface area contributed by atoms with Gasteiger partial charge >= 0.3 is 0 Å². The predicted octanol–water partition coefficient (Wildman–Crippen LogP) is 1.03. The molecule has 0 amide bonds. The van der Waals surface area contributed by atoms with Crippen molar-refractivity contribution in [1.29, 1.82) is 0 Å². The maximum Gasteiger partial charge on any atom is 0.272 e. The van der Waals surface area contributed by atoms with Gasteiger partial charge in [-0.05, 0) is 25.3 Å². The molecule has 0 aromatic heterocycles. The molecule has 2 heterocycles. The van der Waals surface area contributed by atoms with Crippen LogP contribution in [0.5, 0.6) is 0 Å². The molecule has 0 aromatic carbocycles. The average molecular weight is 202 g/mol. The maximum atomic E-state index is 12.6. The largest absolute Gasteiger partial charge is 0.305 e. The van der Waals surface area contributed by atoms with E-state index in [-0.39, 0.29) is 13.1 Å². The van der Waals surface area contributed by atoms with Crippen molar-refractivity contribution < 1.29 is 8.78 Å². The standard InChI is InChI=1S/C10H16F2N2/c1-13-4-9(5-13)2-8(3-9)14-6-10(11,12)7-14/h8H,2-7H2,1H3. The Kier molecular flexibility index (Phi) is 1.60. The third kappa shape index (κ3) is 1.20. The Labute approximate surface area is 82.9 Å². The van der Waals surface area contributed by atoms with Crippen LogP contribution >= 0.6 is 0 Å². The summed E-state index contributed by atoms with van der Waals surface area (Å²) in [6.07, 6.45) is 2.29. The molecule has 0 unspecified atom stereocenters. The SMILES string of the molecule is CN1CC2(CC(N3CC(F)(F)C3)C2)C1. The molecular formula is C10H16F2N2. The second-order valence-corrected chi connectivity index (χ2v) is 5.50. The molecule has 0 bridgehead atoms. The van der Waals surface area contributed by atoms with Gasteiger partial charge in [-0.3, -0.25) is 4.90 Å². The van der Waals surface area contributed by atoms with E-state index in [0.29, 0.717) is 11.5 Å². The molecule has 1 spiro atoms. The van der Waals surface area contributed by atoms with Gasteiger partial charge in [-0.2, -0.15) is 0 Å². The molecule has 14 heavy (non-hydrogen) atoms. The highest BCUT2D eigenvalue weighted by molar-refractivity contribution is 5.09. The van der Waals surface area contributed by atoms with Crippen LogP contribution in [0, 0.1) is 5.41 Å². The van der Waals surface area contributed by atoms with Gasteiger partial charge in [-0.1, -0.05) is 0 Å². The molecule has 4 heteroatoms. The minimum Gasteiger partial charge on any atom is -0.305 e. The quantitative estimate of drug-likeness (QED) is 0.626. The number of alkyl halides is 2. The highest BCUT2D eigenvalue weighted by Gasteiger charge is 2.57. The van der Waals surface area contributed by atoms with E-state index in [1.165, 1.54) is 13.1 Å². The smallest absolute Gasteiger partial charge is 0.272 e. The molecule has 80 valence electrons. The lowest BCUT2D eigenvalue weighted by molar-refractivity contribution is -0.190. The van der Waals surface area contributed by atoms with Crippen LogP contribution in [-0.4, -0.2) is 55.0 Å². The second-order valence-electron chi connectivity index (χ2n) is 5.50. The number of hydrogen-bond donors (Lipinski definition) is 0. The van der Waals surface area contributed by atoms with Gasteiger partial charge in [0.1, 0.15) is 0 Å².